The summed E-state index contributed by atoms with van der Waals surface area (Å²) >= 11 is 0. The Morgan fingerprint density at radius 3 is 2.21 bits per heavy atom. The highest BCUT2D eigenvalue weighted by molar-refractivity contribution is 7.90. The van der Waals surface area contributed by atoms with Crippen molar-refractivity contribution in [3.63, 3.8) is 0 Å². The number of carbonyl (C=O) groups is 1. The standard InChI is InChI=1S/C17H26N2O4S/c1-12(2)24(21,22)19-15-6-4-13(5-7-15)17(20)18-14-8-10-16(23-3)11-9-14/h8-13,15,19H,4-7H2,1-3H3,(H,18,20)/t13-,15-. The lowest BCUT2D eigenvalue weighted by Gasteiger charge is -2.28. The molecule has 0 atom stereocenters. The highest BCUT2D eigenvalue weighted by Gasteiger charge is 2.29. The van der Waals surface area contributed by atoms with E-state index >= 15 is 0 Å². The first kappa shape index (κ1) is 18.7. The Balaban J connectivity index is 1.84. The fourth-order valence-electron chi connectivity index (χ4n) is 2.76. The van der Waals surface area contributed by atoms with Gasteiger partial charge in [0.2, 0.25) is 15.9 Å². The van der Waals surface area contributed by atoms with Crippen LogP contribution < -0.4 is 14.8 Å². The molecule has 1 saturated carbocycles. The zero-order valence-electron chi connectivity index (χ0n) is 14.4. The molecule has 1 fully saturated rings. The van der Waals surface area contributed by atoms with Crippen molar-refractivity contribution in [1.29, 1.82) is 0 Å². The molecule has 0 spiro atoms. The largest absolute Gasteiger partial charge is 0.497 e. The summed E-state index contributed by atoms with van der Waals surface area (Å²) in [5.41, 5.74) is 0.739. The second-order valence-corrected chi connectivity index (χ2v) is 8.75. The van der Waals surface area contributed by atoms with Crippen LogP contribution in [0.1, 0.15) is 39.5 Å². The Bertz CT molecular complexity index is 648. The van der Waals surface area contributed by atoms with Crippen LogP contribution in [0.4, 0.5) is 5.69 Å². The summed E-state index contributed by atoms with van der Waals surface area (Å²) in [6.45, 7) is 3.33. The molecule has 2 N–H and O–H groups in total. The zero-order valence-corrected chi connectivity index (χ0v) is 15.2. The van der Waals surface area contributed by atoms with Crippen LogP contribution in [0.25, 0.3) is 0 Å². The summed E-state index contributed by atoms with van der Waals surface area (Å²) in [5.74, 6) is 0.656. The van der Waals surface area contributed by atoms with Gasteiger partial charge in [-0.1, -0.05) is 0 Å². The van der Waals surface area contributed by atoms with E-state index < -0.39 is 15.3 Å². The molecule has 1 aliphatic carbocycles. The second kappa shape index (κ2) is 7.98. The van der Waals surface area contributed by atoms with Gasteiger partial charge < -0.3 is 10.1 Å². The summed E-state index contributed by atoms with van der Waals surface area (Å²) < 4.78 is 31.6. The number of nitrogens with one attached hydrogen (secondary N) is 2. The lowest BCUT2D eigenvalue weighted by atomic mass is 9.86. The van der Waals surface area contributed by atoms with Crippen molar-refractivity contribution in [3.8, 4) is 5.75 Å². The van der Waals surface area contributed by atoms with Gasteiger partial charge in [-0.15, -0.1) is 0 Å². The van der Waals surface area contributed by atoms with Gasteiger partial charge in [-0.3, -0.25) is 4.79 Å². The van der Waals surface area contributed by atoms with Gasteiger partial charge in [-0.2, -0.15) is 0 Å². The summed E-state index contributed by atoms with van der Waals surface area (Å²) in [6.07, 6.45) is 2.75. The summed E-state index contributed by atoms with van der Waals surface area (Å²) in [7, 11) is -1.66. The fourth-order valence-corrected chi connectivity index (χ4v) is 3.73. The van der Waals surface area contributed by atoms with E-state index in [9.17, 15) is 13.2 Å². The number of anilines is 1. The van der Waals surface area contributed by atoms with Crippen LogP contribution in [0.15, 0.2) is 24.3 Å². The Morgan fingerprint density at radius 1 is 1.12 bits per heavy atom. The zero-order chi connectivity index (χ0) is 17.7. The number of sulfonamides is 1. The lowest BCUT2D eigenvalue weighted by Crippen LogP contribution is -2.42. The number of rotatable bonds is 6. The van der Waals surface area contributed by atoms with Gasteiger partial charge in [-0.25, -0.2) is 13.1 Å². The number of benzene rings is 1. The third kappa shape index (κ3) is 4.95. The van der Waals surface area contributed by atoms with E-state index in [0.29, 0.717) is 25.7 Å². The van der Waals surface area contributed by atoms with E-state index in [2.05, 4.69) is 10.0 Å². The maximum Gasteiger partial charge on any atom is 0.227 e. The first-order valence-electron chi connectivity index (χ1n) is 8.28. The molecule has 7 heteroatoms. The molecular formula is C17H26N2O4S. The Labute approximate surface area is 144 Å². The van der Waals surface area contributed by atoms with E-state index in [1.165, 1.54) is 0 Å². The second-order valence-electron chi connectivity index (χ2n) is 6.48. The van der Waals surface area contributed by atoms with Gasteiger partial charge in [0.05, 0.1) is 12.4 Å². The van der Waals surface area contributed by atoms with Gasteiger partial charge in [-0.05, 0) is 63.8 Å². The molecule has 2 rings (SSSR count). The topological polar surface area (TPSA) is 84.5 Å². The summed E-state index contributed by atoms with van der Waals surface area (Å²) in [4.78, 5) is 12.3. The van der Waals surface area contributed by atoms with Crippen LogP contribution in [0.5, 0.6) is 5.75 Å². The first-order chi connectivity index (χ1) is 11.3. The first-order valence-corrected chi connectivity index (χ1v) is 9.82. The van der Waals surface area contributed by atoms with Crippen LogP contribution >= 0.6 is 0 Å². The molecule has 0 radical (unpaired) electrons. The average molecular weight is 354 g/mol. The number of ether oxygens (including phenoxy) is 1. The number of carbonyl (C=O) groups excluding carboxylic acids is 1. The van der Waals surface area contributed by atoms with E-state index in [4.69, 9.17) is 4.74 Å². The molecule has 1 amide bonds. The molecule has 134 valence electrons. The molecule has 0 bridgehead atoms. The molecular weight excluding hydrogens is 328 g/mol. The fraction of sp³-hybridized carbons (Fsp3) is 0.588. The number of hydrogen-bond acceptors (Lipinski definition) is 4. The average Bonchev–Trinajstić information content (AvgIpc) is 2.55. The van der Waals surface area contributed by atoms with Crippen molar-refractivity contribution in [3.05, 3.63) is 24.3 Å². The third-order valence-electron chi connectivity index (χ3n) is 4.41. The van der Waals surface area contributed by atoms with Crippen molar-refractivity contribution in [2.24, 2.45) is 5.92 Å². The third-order valence-corrected chi connectivity index (χ3v) is 6.31. The van der Waals surface area contributed by atoms with Crippen LogP contribution in [0.3, 0.4) is 0 Å². The predicted octanol–water partition coefficient (Wildman–Crippen LogP) is 2.52. The maximum atomic E-state index is 12.3. The predicted molar refractivity (Wildman–Crippen MR) is 94.6 cm³/mol. The quantitative estimate of drug-likeness (QED) is 0.822. The minimum absolute atomic E-state index is 0.00895. The van der Waals surface area contributed by atoms with E-state index in [1.54, 1.807) is 45.2 Å². The van der Waals surface area contributed by atoms with E-state index in [-0.39, 0.29) is 17.9 Å². The van der Waals surface area contributed by atoms with Crippen molar-refractivity contribution < 1.29 is 17.9 Å². The van der Waals surface area contributed by atoms with Gasteiger partial charge in [0.25, 0.3) is 0 Å². The summed E-state index contributed by atoms with van der Waals surface area (Å²) in [6, 6.07) is 7.14. The number of methoxy groups -OCH3 is 1. The van der Waals surface area contributed by atoms with Crippen LogP contribution in [0.2, 0.25) is 0 Å². The monoisotopic (exact) mass is 354 g/mol. The minimum atomic E-state index is -3.25. The summed E-state index contributed by atoms with van der Waals surface area (Å²) in [5, 5.41) is 2.47. The smallest absolute Gasteiger partial charge is 0.227 e. The van der Waals surface area contributed by atoms with E-state index in [0.717, 1.165) is 11.4 Å². The van der Waals surface area contributed by atoms with Gasteiger partial charge in [0.15, 0.2) is 0 Å². The van der Waals surface area contributed by atoms with Gasteiger partial charge in [0.1, 0.15) is 5.75 Å². The Hall–Kier alpha value is -1.60. The molecule has 0 saturated heterocycles. The van der Waals surface area contributed by atoms with E-state index in [1.807, 2.05) is 0 Å². The van der Waals surface area contributed by atoms with Crippen molar-refractivity contribution in [2.75, 3.05) is 12.4 Å². The lowest BCUT2D eigenvalue weighted by molar-refractivity contribution is -0.120. The molecule has 6 nitrogen and oxygen atoms in total. The van der Waals surface area contributed by atoms with Crippen molar-refractivity contribution in [1.82, 2.24) is 4.72 Å². The molecule has 24 heavy (non-hydrogen) atoms. The van der Waals surface area contributed by atoms with Crippen molar-refractivity contribution >= 4 is 21.6 Å². The molecule has 0 unspecified atom stereocenters. The molecule has 1 aliphatic rings. The normalized spacial score (nSPS) is 21.5. The number of amides is 1. The van der Waals surface area contributed by atoms with Crippen LogP contribution in [-0.4, -0.2) is 32.7 Å². The molecule has 1 aromatic rings. The van der Waals surface area contributed by atoms with Crippen molar-refractivity contribution in [2.45, 2.75) is 50.8 Å². The highest BCUT2D eigenvalue weighted by atomic mass is 32.2. The molecule has 0 aliphatic heterocycles. The Kier molecular flexibility index (Phi) is 6.23. The Morgan fingerprint density at radius 2 is 1.71 bits per heavy atom. The molecule has 0 heterocycles. The minimum Gasteiger partial charge on any atom is -0.497 e. The highest BCUT2D eigenvalue weighted by Crippen LogP contribution is 2.26. The molecule has 1 aromatic carbocycles. The molecule has 0 aromatic heterocycles. The maximum absolute atomic E-state index is 12.3. The van der Waals surface area contributed by atoms with Gasteiger partial charge in [0, 0.05) is 17.6 Å². The van der Waals surface area contributed by atoms with Gasteiger partial charge >= 0.3 is 0 Å². The van der Waals surface area contributed by atoms with Crippen LogP contribution in [-0.2, 0) is 14.8 Å². The van der Waals surface area contributed by atoms with Crippen LogP contribution in [0, 0.1) is 5.92 Å². The number of hydrogen-bond donors (Lipinski definition) is 2. The SMILES string of the molecule is COc1ccc(NC(=O)[C@H]2CC[C@H](NS(=O)(=O)C(C)C)CC2)cc1.